The van der Waals surface area contributed by atoms with Gasteiger partial charge in [-0.3, -0.25) is 4.79 Å². The van der Waals surface area contributed by atoms with Crippen LogP contribution in [-0.4, -0.2) is 24.0 Å². The summed E-state index contributed by atoms with van der Waals surface area (Å²) in [6.45, 7) is 3.12. The van der Waals surface area contributed by atoms with Crippen LogP contribution in [0.2, 0.25) is 5.02 Å². The first-order valence-electron chi connectivity index (χ1n) is 9.12. The van der Waals surface area contributed by atoms with Gasteiger partial charge in [-0.15, -0.1) is 0 Å². The van der Waals surface area contributed by atoms with E-state index >= 15 is 0 Å². The van der Waals surface area contributed by atoms with E-state index in [1.54, 1.807) is 18.3 Å². The van der Waals surface area contributed by atoms with E-state index in [-0.39, 0.29) is 5.91 Å². The van der Waals surface area contributed by atoms with E-state index < -0.39 is 0 Å². The van der Waals surface area contributed by atoms with Crippen LogP contribution in [0.25, 0.3) is 0 Å². The highest BCUT2D eigenvalue weighted by Crippen LogP contribution is 2.19. The Hall–Kier alpha value is -3.05. The Morgan fingerprint density at radius 2 is 1.82 bits per heavy atom. The molecule has 0 saturated heterocycles. The van der Waals surface area contributed by atoms with Gasteiger partial charge in [-0.05, 0) is 67.4 Å². The van der Waals surface area contributed by atoms with Gasteiger partial charge in [0.05, 0.1) is 6.61 Å². The molecule has 0 spiro atoms. The molecule has 2 aromatic carbocycles. The van der Waals surface area contributed by atoms with Crippen LogP contribution in [0.4, 0.5) is 11.5 Å². The average molecular weight is 396 g/mol. The fourth-order valence-electron chi connectivity index (χ4n) is 2.66. The highest BCUT2D eigenvalue weighted by atomic mass is 35.5. The molecule has 0 unspecified atom stereocenters. The van der Waals surface area contributed by atoms with Crippen molar-refractivity contribution in [2.75, 3.05) is 18.5 Å². The second-order valence-electron chi connectivity index (χ2n) is 6.14. The summed E-state index contributed by atoms with van der Waals surface area (Å²) in [6.07, 6.45) is 2.36. The van der Waals surface area contributed by atoms with Crippen LogP contribution in [-0.2, 0) is 6.42 Å². The van der Waals surface area contributed by atoms with Crippen molar-refractivity contribution in [2.45, 2.75) is 13.3 Å². The summed E-state index contributed by atoms with van der Waals surface area (Å²) < 4.78 is 5.43. The maximum Gasteiger partial charge on any atom is 0.251 e. The minimum Gasteiger partial charge on any atom is -0.494 e. The standard InChI is InChI=1S/C22H22ClN3O2/c1-2-28-20-9-7-19(8-10-20)26-21-15-17(12-14-24-21)22(27)25-13-11-16-3-5-18(23)6-4-16/h3-10,12,14-15H,2,11,13H2,1H3,(H,24,26)(H,25,27). The molecule has 0 fully saturated rings. The number of rotatable bonds is 8. The third-order valence-corrected chi connectivity index (χ3v) is 4.32. The molecule has 3 rings (SSSR count). The third-order valence-electron chi connectivity index (χ3n) is 4.07. The van der Waals surface area contributed by atoms with Gasteiger partial charge in [0.15, 0.2) is 0 Å². The number of carbonyl (C=O) groups excluding carboxylic acids is 1. The number of benzene rings is 2. The quantitative estimate of drug-likeness (QED) is 0.572. The summed E-state index contributed by atoms with van der Waals surface area (Å²) in [5.74, 6) is 1.29. The predicted octanol–water partition coefficient (Wildman–Crippen LogP) is 4.85. The van der Waals surface area contributed by atoms with E-state index in [1.807, 2.05) is 55.5 Å². The van der Waals surface area contributed by atoms with E-state index in [0.717, 1.165) is 23.4 Å². The maximum absolute atomic E-state index is 12.4. The van der Waals surface area contributed by atoms with Crippen molar-refractivity contribution >= 4 is 29.0 Å². The molecule has 0 bridgehead atoms. The molecule has 0 radical (unpaired) electrons. The van der Waals surface area contributed by atoms with Gasteiger partial charge in [0.25, 0.3) is 5.91 Å². The number of hydrogen-bond acceptors (Lipinski definition) is 4. The molecule has 0 atom stereocenters. The molecule has 6 heteroatoms. The zero-order valence-electron chi connectivity index (χ0n) is 15.6. The summed E-state index contributed by atoms with van der Waals surface area (Å²) in [5.41, 5.74) is 2.55. The molecular weight excluding hydrogens is 374 g/mol. The number of nitrogens with zero attached hydrogens (tertiary/aromatic N) is 1. The number of amides is 1. The van der Waals surface area contributed by atoms with Crippen LogP contribution in [0.15, 0.2) is 66.9 Å². The number of ether oxygens (including phenoxy) is 1. The molecule has 1 amide bonds. The first-order valence-corrected chi connectivity index (χ1v) is 9.50. The van der Waals surface area contributed by atoms with Crippen LogP contribution < -0.4 is 15.4 Å². The van der Waals surface area contributed by atoms with Crippen molar-refractivity contribution in [3.8, 4) is 5.75 Å². The van der Waals surface area contributed by atoms with Gasteiger partial charge in [-0.1, -0.05) is 23.7 Å². The third kappa shape index (κ3) is 5.72. The number of nitrogens with one attached hydrogen (secondary N) is 2. The molecule has 28 heavy (non-hydrogen) atoms. The molecule has 1 aromatic heterocycles. The van der Waals surface area contributed by atoms with Gasteiger partial charge in [-0.2, -0.15) is 0 Å². The lowest BCUT2D eigenvalue weighted by Gasteiger charge is -2.09. The number of pyridine rings is 1. The first-order chi connectivity index (χ1) is 13.6. The summed E-state index contributed by atoms with van der Waals surface area (Å²) in [5, 5.41) is 6.83. The predicted molar refractivity (Wildman–Crippen MR) is 113 cm³/mol. The number of carbonyl (C=O) groups is 1. The van der Waals surface area contributed by atoms with Crippen molar-refractivity contribution in [2.24, 2.45) is 0 Å². The summed E-state index contributed by atoms with van der Waals surface area (Å²) in [6, 6.07) is 18.6. The van der Waals surface area contributed by atoms with Gasteiger partial charge in [-0.25, -0.2) is 4.98 Å². The molecule has 0 saturated carbocycles. The van der Waals surface area contributed by atoms with Gasteiger partial charge in [0, 0.05) is 29.0 Å². The van der Waals surface area contributed by atoms with E-state index in [1.165, 1.54) is 0 Å². The SMILES string of the molecule is CCOc1ccc(Nc2cc(C(=O)NCCc3ccc(Cl)cc3)ccn2)cc1. The van der Waals surface area contributed by atoms with Crippen LogP contribution >= 0.6 is 11.6 Å². The van der Waals surface area contributed by atoms with E-state index in [4.69, 9.17) is 16.3 Å². The van der Waals surface area contributed by atoms with Crippen molar-refractivity contribution < 1.29 is 9.53 Å². The van der Waals surface area contributed by atoms with E-state index in [2.05, 4.69) is 15.6 Å². The van der Waals surface area contributed by atoms with Crippen LogP contribution in [0.5, 0.6) is 5.75 Å². The Morgan fingerprint density at radius 3 is 2.54 bits per heavy atom. The van der Waals surface area contributed by atoms with Gasteiger partial charge in [0.2, 0.25) is 0 Å². The number of halogens is 1. The second kappa shape index (κ2) is 9.76. The lowest BCUT2D eigenvalue weighted by Crippen LogP contribution is -2.25. The highest BCUT2D eigenvalue weighted by Gasteiger charge is 2.07. The number of hydrogen-bond donors (Lipinski definition) is 2. The normalized spacial score (nSPS) is 10.4. The Morgan fingerprint density at radius 1 is 1.07 bits per heavy atom. The first kappa shape index (κ1) is 19.7. The van der Waals surface area contributed by atoms with Gasteiger partial charge in [0.1, 0.15) is 11.6 Å². The maximum atomic E-state index is 12.4. The molecule has 5 nitrogen and oxygen atoms in total. The minimum atomic E-state index is -0.133. The largest absolute Gasteiger partial charge is 0.494 e. The molecule has 0 aliphatic carbocycles. The smallest absolute Gasteiger partial charge is 0.251 e. The van der Waals surface area contributed by atoms with Crippen LogP contribution in [0.3, 0.4) is 0 Å². The molecule has 0 aliphatic heterocycles. The average Bonchev–Trinajstić information content (AvgIpc) is 2.71. The monoisotopic (exact) mass is 395 g/mol. The van der Waals surface area contributed by atoms with Crippen LogP contribution in [0.1, 0.15) is 22.8 Å². The lowest BCUT2D eigenvalue weighted by atomic mass is 10.1. The van der Waals surface area contributed by atoms with Gasteiger partial charge >= 0.3 is 0 Å². The van der Waals surface area contributed by atoms with E-state index in [0.29, 0.717) is 29.6 Å². The van der Waals surface area contributed by atoms with E-state index in [9.17, 15) is 4.79 Å². The molecule has 2 N–H and O–H groups in total. The Balaban J connectivity index is 1.55. The Kier molecular flexibility index (Phi) is 6.87. The minimum absolute atomic E-state index is 0.133. The molecule has 3 aromatic rings. The summed E-state index contributed by atoms with van der Waals surface area (Å²) in [4.78, 5) is 16.7. The Bertz CT molecular complexity index is 912. The molecular formula is C22H22ClN3O2. The zero-order chi connectivity index (χ0) is 19.8. The molecule has 0 aliphatic rings. The summed E-state index contributed by atoms with van der Waals surface area (Å²) in [7, 11) is 0. The van der Waals surface area contributed by atoms with Crippen LogP contribution in [0, 0.1) is 0 Å². The summed E-state index contributed by atoms with van der Waals surface area (Å²) >= 11 is 5.88. The molecule has 144 valence electrons. The Labute approximate surface area is 169 Å². The van der Waals surface area contributed by atoms with Crippen molar-refractivity contribution in [1.82, 2.24) is 10.3 Å². The second-order valence-corrected chi connectivity index (χ2v) is 6.58. The number of aromatic nitrogens is 1. The molecule has 1 heterocycles. The van der Waals surface area contributed by atoms with Crippen molar-refractivity contribution in [3.63, 3.8) is 0 Å². The van der Waals surface area contributed by atoms with Crippen molar-refractivity contribution in [3.05, 3.63) is 83.0 Å². The van der Waals surface area contributed by atoms with Gasteiger partial charge < -0.3 is 15.4 Å². The fraction of sp³-hybridized carbons (Fsp3) is 0.182. The fourth-order valence-corrected chi connectivity index (χ4v) is 2.79. The zero-order valence-corrected chi connectivity index (χ0v) is 16.4. The van der Waals surface area contributed by atoms with Crippen molar-refractivity contribution in [1.29, 1.82) is 0 Å². The highest BCUT2D eigenvalue weighted by molar-refractivity contribution is 6.30. The lowest BCUT2D eigenvalue weighted by molar-refractivity contribution is 0.0954. The topological polar surface area (TPSA) is 63.2 Å². The number of anilines is 2.